The predicted octanol–water partition coefficient (Wildman–Crippen LogP) is 4.01. The van der Waals surface area contributed by atoms with Gasteiger partial charge in [0.05, 0.1) is 25.5 Å². The van der Waals surface area contributed by atoms with Crippen molar-refractivity contribution in [2.24, 2.45) is 0 Å². The first-order chi connectivity index (χ1) is 11.6. The minimum absolute atomic E-state index is 0.0357. The topological polar surface area (TPSA) is 92.3 Å². The van der Waals surface area contributed by atoms with Gasteiger partial charge in [-0.3, -0.25) is 10.1 Å². The number of halogens is 3. The van der Waals surface area contributed by atoms with Gasteiger partial charge in [-0.15, -0.1) is 0 Å². The summed E-state index contributed by atoms with van der Waals surface area (Å²) in [6.07, 6.45) is 1.01. The average Bonchev–Trinajstić information content (AvgIpc) is 2.45. The molecule has 0 radical (unpaired) electrons. The van der Waals surface area contributed by atoms with Gasteiger partial charge in [-0.2, -0.15) is 0 Å². The molecule has 2 rings (SSSR count). The molecule has 0 bridgehead atoms. The fourth-order valence-corrected chi connectivity index (χ4v) is 3.82. The third kappa shape index (κ3) is 4.85. The number of nitrogens with one attached hydrogen (secondary N) is 2. The molecule has 0 unspecified atom stereocenters. The van der Waals surface area contributed by atoms with Gasteiger partial charge < -0.3 is 5.32 Å². The highest BCUT2D eigenvalue weighted by Gasteiger charge is 2.18. The summed E-state index contributed by atoms with van der Waals surface area (Å²) >= 11 is 17.7. The number of sulfone groups is 1. The van der Waals surface area contributed by atoms with Gasteiger partial charge in [0.25, 0.3) is 5.91 Å². The zero-order chi connectivity index (χ0) is 18.8. The van der Waals surface area contributed by atoms with E-state index in [9.17, 15) is 18.0 Å². The number of amides is 3. The molecule has 2 N–H and O–H groups in total. The third-order valence-corrected chi connectivity index (χ3v) is 5.22. The molecule has 0 spiro atoms. The minimum Gasteiger partial charge on any atom is -0.308 e. The molecule has 132 valence electrons. The van der Waals surface area contributed by atoms with Gasteiger partial charge in [0.15, 0.2) is 9.84 Å². The van der Waals surface area contributed by atoms with Crippen LogP contribution in [0.5, 0.6) is 0 Å². The van der Waals surface area contributed by atoms with Crippen LogP contribution in [-0.4, -0.2) is 26.6 Å². The lowest BCUT2D eigenvalue weighted by molar-refractivity contribution is 0.0967. The van der Waals surface area contributed by atoms with Gasteiger partial charge in [-0.05, 0) is 30.3 Å². The van der Waals surface area contributed by atoms with Gasteiger partial charge in [0.2, 0.25) is 0 Å². The second-order valence-electron chi connectivity index (χ2n) is 4.92. The molecule has 0 heterocycles. The summed E-state index contributed by atoms with van der Waals surface area (Å²) in [5.41, 5.74) is 0.166. The molecule has 0 aliphatic rings. The van der Waals surface area contributed by atoms with E-state index < -0.39 is 21.8 Å². The van der Waals surface area contributed by atoms with E-state index in [0.29, 0.717) is 0 Å². The molecule has 0 aliphatic heterocycles. The standard InChI is InChI=1S/C15H11Cl3N2O4S/c1-25(23,24)12-6-5-8(7-11(12)18)19-15(22)20-14(21)13-9(16)3-2-4-10(13)17/h2-7H,1H3,(H2,19,20,21,22). The van der Waals surface area contributed by atoms with Crippen molar-refractivity contribution < 1.29 is 18.0 Å². The van der Waals surface area contributed by atoms with E-state index in [1.54, 1.807) is 6.07 Å². The number of anilines is 1. The SMILES string of the molecule is CS(=O)(=O)c1ccc(NC(=O)NC(=O)c2c(Cl)cccc2Cl)cc1Cl. The lowest BCUT2D eigenvalue weighted by Gasteiger charge is -2.10. The smallest absolute Gasteiger partial charge is 0.308 e. The number of carbonyl (C=O) groups is 2. The molecule has 0 aromatic heterocycles. The summed E-state index contributed by atoms with van der Waals surface area (Å²) in [6, 6.07) is 7.48. The van der Waals surface area contributed by atoms with Crippen molar-refractivity contribution in [1.82, 2.24) is 5.32 Å². The number of urea groups is 1. The minimum atomic E-state index is -3.49. The predicted molar refractivity (Wildman–Crippen MR) is 97.5 cm³/mol. The molecule has 2 aromatic rings. The molecule has 0 saturated carbocycles. The van der Waals surface area contributed by atoms with Crippen LogP contribution in [0.15, 0.2) is 41.3 Å². The molecule has 6 nitrogen and oxygen atoms in total. The highest BCUT2D eigenvalue weighted by Crippen LogP contribution is 2.26. The highest BCUT2D eigenvalue weighted by molar-refractivity contribution is 7.90. The van der Waals surface area contributed by atoms with E-state index in [2.05, 4.69) is 10.6 Å². The number of hydrogen-bond donors (Lipinski definition) is 2. The number of carbonyl (C=O) groups excluding carboxylic acids is 2. The monoisotopic (exact) mass is 420 g/mol. The van der Waals surface area contributed by atoms with Crippen molar-refractivity contribution in [2.75, 3.05) is 11.6 Å². The van der Waals surface area contributed by atoms with E-state index in [1.807, 2.05) is 0 Å². The van der Waals surface area contributed by atoms with Crippen molar-refractivity contribution in [3.05, 3.63) is 57.0 Å². The molecular formula is C15H11Cl3N2O4S. The van der Waals surface area contributed by atoms with Crippen LogP contribution in [0.2, 0.25) is 15.1 Å². The third-order valence-electron chi connectivity index (χ3n) is 3.01. The van der Waals surface area contributed by atoms with Crippen molar-refractivity contribution in [2.45, 2.75) is 4.90 Å². The maximum atomic E-state index is 12.1. The van der Waals surface area contributed by atoms with E-state index in [-0.39, 0.29) is 31.2 Å². The van der Waals surface area contributed by atoms with Crippen LogP contribution in [-0.2, 0) is 9.84 Å². The molecule has 0 fully saturated rings. The average molecular weight is 422 g/mol. The fourth-order valence-electron chi connectivity index (χ4n) is 1.92. The zero-order valence-corrected chi connectivity index (χ0v) is 15.7. The normalized spacial score (nSPS) is 11.0. The summed E-state index contributed by atoms with van der Waals surface area (Å²) < 4.78 is 23.0. The Morgan fingerprint density at radius 1 is 0.960 bits per heavy atom. The van der Waals surface area contributed by atoms with Crippen LogP contribution in [0.25, 0.3) is 0 Å². The molecular weight excluding hydrogens is 411 g/mol. The Bertz CT molecular complexity index is 941. The quantitative estimate of drug-likeness (QED) is 0.783. The molecule has 25 heavy (non-hydrogen) atoms. The van der Waals surface area contributed by atoms with Crippen LogP contribution < -0.4 is 10.6 Å². The van der Waals surface area contributed by atoms with Crippen molar-refractivity contribution in [1.29, 1.82) is 0 Å². The molecule has 0 saturated heterocycles. The lowest BCUT2D eigenvalue weighted by atomic mass is 10.2. The zero-order valence-electron chi connectivity index (χ0n) is 12.6. The maximum Gasteiger partial charge on any atom is 0.326 e. The van der Waals surface area contributed by atoms with Crippen LogP contribution >= 0.6 is 34.8 Å². The van der Waals surface area contributed by atoms with E-state index in [0.717, 1.165) is 6.26 Å². The second kappa shape index (κ2) is 7.61. The van der Waals surface area contributed by atoms with Gasteiger partial charge in [-0.1, -0.05) is 40.9 Å². The molecule has 3 amide bonds. The Hall–Kier alpha value is -1.80. The second-order valence-corrected chi connectivity index (χ2v) is 8.13. The van der Waals surface area contributed by atoms with E-state index >= 15 is 0 Å². The number of benzene rings is 2. The maximum absolute atomic E-state index is 12.1. The van der Waals surface area contributed by atoms with E-state index in [1.165, 1.54) is 30.3 Å². The Balaban J connectivity index is 2.13. The number of imide groups is 1. The summed E-state index contributed by atoms with van der Waals surface area (Å²) in [7, 11) is -3.49. The molecule has 0 atom stereocenters. The fraction of sp³-hybridized carbons (Fsp3) is 0.0667. The summed E-state index contributed by atoms with van der Waals surface area (Å²) in [5, 5.41) is 4.57. The van der Waals surface area contributed by atoms with Gasteiger partial charge in [0.1, 0.15) is 0 Å². The van der Waals surface area contributed by atoms with Crippen LogP contribution in [0.4, 0.5) is 10.5 Å². The Morgan fingerprint density at radius 2 is 1.56 bits per heavy atom. The van der Waals surface area contributed by atoms with Crippen molar-refractivity contribution in [3.8, 4) is 0 Å². The number of hydrogen-bond acceptors (Lipinski definition) is 4. The summed E-state index contributed by atoms with van der Waals surface area (Å²) in [4.78, 5) is 23.9. The van der Waals surface area contributed by atoms with Crippen LogP contribution in [0.1, 0.15) is 10.4 Å². The first kappa shape index (κ1) is 19.5. The highest BCUT2D eigenvalue weighted by atomic mass is 35.5. The summed E-state index contributed by atoms with van der Waals surface area (Å²) in [6.45, 7) is 0. The Labute approximate surface area is 159 Å². The first-order valence-electron chi connectivity index (χ1n) is 6.65. The van der Waals surface area contributed by atoms with Gasteiger partial charge in [-0.25, -0.2) is 13.2 Å². The van der Waals surface area contributed by atoms with Gasteiger partial charge in [0, 0.05) is 11.9 Å². The van der Waals surface area contributed by atoms with Gasteiger partial charge >= 0.3 is 6.03 Å². The van der Waals surface area contributed by atoms with E-state index in [4.69, 9.17) is 34.8 Å². The Kier molecular flexibility index (Phi) is 5.95. The Morgan fingerprint density at radius 3 is 2.08 bits per heavy atom. The molecule has 10 heteroatoms. The molecule has 2 aromatic carbocycles. The number of rotatable bonds is 3. The van der Waals surface area contributed by atoms with Crippen LogP contribution in [0.3, 0.4) is 0 Å². The summed E-state index contributed by atoms with van der Waals surface area (Å²) in [5.74, 6) is -0.785. The van der Waals surface area contributed by atoms with Crippen LogP contribution in [0, 0.1) is 0 Å². The lowest BCUT2D eigenvalue weighted by Crippen LogP contribution is -2.34. The van der Waals surface area contributed by atoms with Crippen molar-refractivity contribution >= 4 is 62.3 Å². The first-order valence-corrected chi connectivity index (χ1v) is 9.68. The largest absolute Gasteiger partial charge is 0.326 e. The van der Waals surface area contributed by atoms with Crippen molar-refractivity contribution in [3.63, 3.8) is 0 Å². The molecule has 0 aliphatic carbocycles.